The van der Waals surface area contributed by atoms with Crippen LogP contribution in [0.2, 0.25) is 0 Å². The van der Waals surface area contributed by atoms with Crippen LogP contribution in [0.25, 0.3) is 0 Å². The van der Waals surface area contributed by atoms with Crippen LogP contribution in [0.15, 0.2) is 30.3 Å². The van der Waals surface area contributed by atoms with Crippen LogP contribution in [-0.4, -0.2) is 31.3 Å². The molecule has 16 heavy (non-hydrogen) atoms. The molecule has 0 amide bonds. The van der Waals surface area contributed by atoms with Crippen molar-refractivity contribution in [1.29, 1.82) is 0 Å². The lowest BCUT2D eigenvalue weighted by atomic mass is 9.92. The highest BCUT2D eigenvalue weighted by molar-refractivity contribution is 5.97. The zero-order chi connectivity index (χ0) is 12.0. The monoisotopic (exact) mass is 219 g/mol. The topological polar surface area (TPSA) is 20.3 Å². The molecule has 0 fully saturated rings. The normalized spacial score (nSPS) is 12.8. The summed E-state index contributed by atoms with van der Waals surface area (Å²) >= 11 is 0. The summed E-state index contributed by atoms with van der Waals surface area (Å²) in [5.41, 5.74) is 0.841. The number of benzene rings is 1. The van der Waals surface area contributed by atoms with Crippen molar-refractivity contribution < 1.29 is 4.79 Å². The number of carbonyl (C=O) groups excluding carboxylic acids is 1. The molecule has 1 rings (SSSR count). The molecule has 0 aliphatic carbocycles. The molecule has 1 unspecified atom stereocenters. The van der Waals surface area contributed by atoms with Crippen LogP contribution >= 0.6 is 0 Å². The Kier molecular flexibility index (Phi) is 5.20. The minimum Gasteiger partial charge on any atom is -0.309 e. The Morgan fingerprint density at radius 3 is 2.38 bits per heavy atom. The predicted octanol–water partition coefficient (Wildman–Crippen LogP) is 2.85. The molecule has 0 heterocycles. The predicted molar refractivity (Wildman–Crippen MR) is 67.7 cm³/mol. The molecular weight excluding hydrogens is 198 g/mol. The van der Waals surface area contributed by atoms with Crippen LogP contribution in [0.1, 0.15) is 30.1 Å². The lowest BCUT2D eigenvalue weighted by Crippen LogP contribution is -2.21. The summed E-state index contributed by atoms with van der Waals surface area (Å²) in [5, 5.41) is 0. The van der Waals surface area contributed by atoms with Crippen molar-refractivity contribution >= 4 is 5.78 Å². The minimum absolute atomic E-state index is 0.157. The van der Waals surface area contributed by atoms with Crippen LogP contribution in [-0.2, 0) is 0 Å². The number of hydrogen-bond donors (Lipinski definition) is 0. The summed E-state index contributed by atoms with van der Waals surface area (Å²) in [6.07, 6.45) is 1.86. The Bertz CT molecular complexity index is 319. The van der Waals surface area contributed by atoms with Crippen molar-refractivity contribution in [3.8, 4) is 0 Å². The summed E-state index contributed by atoms with van der Waals surface area (Å²) in [7, 11) is 4.08. The first-order valence-corrected chi connectivity index (χ1v) is 5.89. The molecule has 0 aliphatic rings. The number of Topliss-reactive ketones (excluding diaryl/α,β-unsaturated/α-hetero) is 1. The lowest BCUT2D eigenvalue weighted by Gasteiger charge is -2.16. The second kappa shape index (κ2) is 6.44. The molecule has 0 spiro atoms. The van der Waals surface area contributed by atoms with Crippen molar-refractivity contribution in [1.82, 2.24) is 4.90 Å². The Morgan fingerprint density at radius 1 is 1.25 bits per heavy atom. The van der Waals surface area contributed by atoms with Gasteiger partial charge in [0.05, 0.1) is 0 Å². The molecule has 2 nitrogen and oxygen atoms in total. The zero-order valence-electron chi connectivity index (χ0n) is 10.4. The van der Waals surface area contributed by atoms with Crippen LogP contribution < -0.4 is 0 Å². The molecule has 2 heteroatoms. The van der Waals surface area contributed by atoms with E-state index in [4.69, 9.17) is 0 Å². The average Bonchev–Trinajstić information content (AvgIpc) is 2.30. The minimum atomic E-state index is 0.157. The van der Waals surface area contributed by atoms with Gasteiger partial charge in [0.1, 0.15) is 0 Å². The van der Waals surface area contributed by atoms with Gasteiger partial charge in [-0.1, -0.05) is 37.3 Å². The number of hydrogen-bond acceptors (Lipinski definition) is 2. The molecule has 0 saturated heterocycles. The van der Waals surface area contributed by atoms with Gasteiger partial charge in [-0.15, -0.1) is 0 Å². The Morgan fingerprint density at radius 2 is 1.88 bits per heavy atom. The van der Waals surface area contributed by atoms with E-state index < -0.39 is 0 Å². The van der Waals surface area contributed by atoms with E-state index in [0.29, 0.717) is 0 Å². The van der Waals surface area contributed by atoms with Crippen molar-refractivity contribution in [2.75, 3.05) is 20.6 Å². The van der Waals surface area contributed by atoms with Crippen LogP contribution in [0.5, 0.6) is 0 Å². The number of carbonyl (C=O) groups is 1. The molecule has 0 saturated carbocycles. The van der Waals surface area contributed by atoms with Gasteiger partial charge in [0.15, 0.2) is 5.78 Å². The van der Waals surface area contributed by atoms with Gasteiger partial charge < -0.3 is 4.90 Å². The van der Waals surface area contributed by atoms with Gasteiger partial charge in [0, 0.05) is 11.5 Å². The second-order valence-electron chi connectivity index (χ2n) is 4.43. The quantitative estimate of drug-likeness (QED) is 0.686. The van der Waals surface area contributed by atoms with E-state index in [0.717, 1.165) is 24.9 Å². The molecule has 0 radical (unpaired) electrons. The third-order valence-electron chi connectivity index (χ3n) is 2.85. The van der Waals surface area contributed by atoms with E-state index in [9.17, 15) is 4.79 Å². The fourth-order valence-electron chi connectivity index (χ4n) is 1.77. The third kappa shape index (κ3) is 3.78. The molecule has 1 aromatic carbocycles. The van der Waals surface area contributed by atoms with E-state index in [1.165, 1.54) is 0 Å². The van der Waals surface area contributed by atoms with Gasteiger partial charge in [-0.2, -0.15) is 0 Å². The van der Waals surface area contributed by atoms with Gasteiger partial charge in [-0.05, 0) is 33.5 Å². The average molecular weight is 219 g/mol. The summed E-state index contributed by atoms with van der Waals surface area (Å²) in [6, 6.07) is 9.59. The molecule has 0 aliphatic heterocycles. The standard InChI is InChI=1S/C14H21NO/c1-4-12(10-11-15(2)3)14(16)13-8-6-5-7-9-13/h5-9,12H,4,10-11H2,1-3H3. The lowest BCUT2D eigenvalue weighted by molar-refractivity contribution is 0.0904. The first kappa shape index (κ1) is 12.9. The van der Waals surface area contributed by atoms with Crippen molar-refractivity contribution in [3.63, 3.8) is 0 Å². The Hall–Kier alpha value is -1.15. The first-order chi connectivity index (χ1) is 7.65. The van der Waals surface area contributed by atoms with E-state index >= 15 is 0 Å². The van der Waals surface area contributed by atoms with Crippen molar-refractivity contribution in [2.24, 2.45) is 5.92 Å². The maximum atomic E-state index is 12.2. The van der Waals surface area contributed by atoms with Crippen LogP contribution in [0.4, 0.5) is 0 Å². The van der Waals surface area contributed by atoms with Gasteiger partial charge >= 0.3 is 0 Å². The molecule has 1 atom stereocenters. The van der Waals surface area contributed by atoms with E-state index in [1.807, 2.05) is 44.4 Å². The van der Waals surface area contributed by atoms with E-state index in [2.05, 4.69) is 11.8 Å². The highest BCUT2D eigenvalue weighted by Crippen LogP contribution is 2.16. The second-order valence-corrected chi connectivity index (χ2v) is 4.43. The Balaban J connectivity index is 2.63. The van der Waals surface area contributed by atoms with E-state index in [1.54, 1.807) is 0 Å². The zero-order valence-corrected chi connectivity index (χ0v) is 10.4. The third-order valence-corrected chi connectivity index (χ3v) is 2.85. The van der Waals surface area contributed by atoms with Crippen molar-refractivity contribution in [3.05, 3.63) is 35.9 Å². The first-order valence-electron chi connectivity index (χ1n) is 5.89. The van der Waals surface area contributed by atoms with Crippen LogP contribution in [0, 0.1) is 5.92 Å². The molecule has 1 aromatic rings. The van der Waals surface area contributed by atoms with Gasteiger partial charge in [-0.3, -0.25) is 4.79 Å². The maximum absolute atomic E-state index is 12.2. The van der Waals surface area contributed by atoms with Crippen LogP contribution in [0.3, 0.4) is 0 Å². The Labute approximate surface area is 98.3 Å². The number of nitrogens with zero attached hydrogens (tertiary/aromatic N) is 1. The number of ketones is 1. The fourth-order valence-corrected chi connectivity index (χ4v) is 1.77. The maximum Gasteiger partial charge on any atom is 0.165 e. The highest BCUT2D eigenvalue weighted by Gasteiger charge is 2.17. The molecular formula is C14H21NO. The molecule has 0 N–H and O–H groups in total. The highest BCUT2D eigenvalue weighted by atomic mass is 16.1. The summed E-state index contributed by atoms with van der Waals surface area (Å²) in [4.78, 5) is 14.3. The van der Waals surface area contributed by atoms with Gasteiger partial charge in [0.25, 0.3) is 0 Å². The smallest absolute Gasteiger partial charge is 0.165 e. The van der Waals surface area contributed by atoms with Gasteiger partial charge in [0.2, 0.25) is 0 Å². The SMILES string of the molecule is CCC(CCN(C)C)C(=O)c1ccccc1. The van der Waals surface area contributed by atoms with E-state index in [-0.39, 0.29) is 11.7 Å². The summed E-state index contributed by atoms with van der Waals surface area (Å²) < 4.78 is 0. The fraction of sp³-hybridized carbons (Fsp3) is 0.500. The summed E-state index contributed by atoms with van der Waals surface area (Å²) in [5.74, 6) is 0.440. The molecule has 0 aromatic heterocycles. The van der Waals surface area contributed by atoms with Crippen molar-refractivity contribution in [2.45, 2.75) is 19.8 Å². The van der Waals surface area contributed by atoms with Gasteiger partial charge in [-0.25, -0.2) is 0 Å². The largest absolute Gasteiger partial charge is 0.309 e. The molecule has 0 bridgehead atoms. The summed E-state index contributed by atoms with van der Waals surface area (Å²) in [6.45, 7) is 3.05. The number of rotatable bonds is 6. The molecule has 88 valence electrons.